The third-order valence-electron chi connectivity index (χ3n) is 15.4. The van der Waals surface area contributed by atoms with Crippen molar-refractivity contribution >= 4 is 17.1 Å². The number of hydrogen-bond acceptors (Lipinski definition) is 3. The molecule has 8 aromatic carbocycles. The quantitative estimate of drug-likeness (QED) is 0.178. The lowest BCUT2D eigenvalue weighted by molar-refractivity contribution is 0.403. The molecular weight excluding hydrogens is 775 g/mol. The Morgan fingerprint density at radius 1 is 0.391 bits per heavy atom. The Morgan fingerprint density at radius 2 is 0.891 bits per heavy atom. The summed E-state index contributed by atoms with van der Waals surface area (Å²) in [6.07, 6.45) is 1.14. The molecule has 0 aliphatic heterocycles. The van der Waals surface area contributed by atoms with Gasteiger partial charge < -0.3 is 4.90 Å². The highest BCUT2D eigenvalue weighted by Crippen LogP contribution is 2.64. The third kappa shape index (κ3) is 4.96. The van der Waals surface area contributed by atoms with E-state index in [0.29, 0.717) is 11.1 Å². The molecule has 4 aliphatic carbocycles. The Kier molecular flexibility index (Phi) is 7.79. The molecule has 0 aromatic heterocycles. The minimum absolute atomic E-state index is 0.0994. The molecule has 306 valence electrons. The van der Waals surface area contributed by atoms with E-state index in [1.807, 2.05) is 12.1 Å². The summed E-state index contributed by atoms with van der Waals surface area (Å²) in [5, 5.41) is 20.2. The summed E-state index contributed by atoms with van der Waals surface area (Å²) < 4.78 is 0. The molecule has 0 bridgehead atoms. The molecule has 3 heteroatoms. The van der Waals surface area contributed by atoms with E-state index >= 15 is 0 Å². The van der Waals surface area contributed by atoms with E-state index in [-0.39, 0.29) is 16.2 Å². The fraction of sp³-hybridized carbons (Fsp3) is 0.180. The fourth-order valence-corrected chi connectivity index (χ4v) is 12.8. The van der Waals surface area contributed by atoms with Gasteiger partial charge in [-0.15, -0.1) is 0 Å². The van der Waals surface area contributed by atoms with E-state index in [4.69, 9.17) is 0 Å². The van der Waals surface area contributed by atoms with Crippen LogP contribution < -0.4 is 4.90 Å². The number of nitrogens with zero attached hydrogens (tertiary/aromatic N) is 3. The Balaban J connectivity index is 1.04. The first-order valence-corrected chi connectivity index (χ1v) is 22.5. The van der Waals surface area contributed by atoms with Crippen molar-refractivity contribution in [2.45, 2.75) is 69.6 Å². The van der Waals surface area contributed by atoms with Crippen molar-refractivity contribution in [1.82, 2.24) is 0 Å². The van der Waals surface area contributed by atoms with E-state index in [0.717, 1.165) is 29.0 Å². The van der Waals surface area contributed by atoms with Gasteiger partial charge in [-0.05, 0) is 155 Å². The van der Waals surface area contributed by atoms with Crippen LogP contribution in [0.25, 0.3) is 44.5 Å². The molecule has 3 nitrogen and oxygen atoms in total. The summed E-state index contributed by atoms with van der Waals surface area (Å²) in [7, 11) is 0. The highest BCUT2D eigenvalue weighted by Gasteiger charge is 2.52. The Hall–Kier alpha value is -7.46. The van der Waals surface area contributed by atoms with Crippen molar-refractivity contribution in [3.05, 3.63) is 219 Å². The van der Waals surface area contributed by atoms with E-state index in [2.05, 4.69) is 204 Å². The van der Waals surface area contributed by atoms with E-state index < -0.39 is 5.41 Å². The van der Waals surface area contributed by atoms with Crippen molar-refractivity contribution in [3.63, 3.8) is 0 Å². The van der Waals surface area contributed by atoms with Gasteiger partial charge in [-0.3, -0.25) is 0 Å². The Bertz CT molecular complexity index is 3360. The predicted molar refractivity (Wildman–Crippen MR) is 261 cm³/mol. The molecule has 1 spiro atoms. The number of benzene rings is 8. The second kappa shape index (κ2) is 13.0. The Morgan fingerprint density at radius 3 is 1.50 bits per heavy atom. The van der Waals surface area contributed by atoms with Crippen molar-refractivity contribution in [1.29, 1.82) is 10.5 Å². The molecule has 4 aliphatic rings. The van der Waals surface area contributed by atoms with Crippen LogP contribution in [-0.2, 0) is 21.7 Å². The molecule has 0 fully saturated rings. The number of fused-ring (bicyclic) bond motifs is 14. The van der Waals surface area contributed by atoms with Crippen molar-refractivity contribution in [2.75, 3.05) is 4.90 Å². The summed E-state index contributed by atoms with van der Waals surface area (Å²) >= 11 is 0. The molecule has 0 atom stereocenters. The van der Waals surface area contributed by atoms with Crippen LogP contribution in [0.4, 0.5) is 17.1 Å². The minimum Gasteiger partial charge on any atom is -0.310 e. The minimum atomic E-state index is -0.504. The van der Waals surface area contributed by atoms with Gasteiger partial charge in [-0.2, -0.15) is 10.5 Å². The largest absolute Gasteiger partial charge is 0.310 e. The van der Waals surface area contributed by atoms with E-state index in [9.17, 15) is 10.5 Å². The van der Waals surface area contributed by atoms with Crippen molar-refractivity contribution in [2.24, 2.45) is 0 Å². The summed E-state index contributed by atoms with van der Waals surface area (Å²) in [6, 6.07) is 64.5. The van der Waals surface area contributed by atoms with Gasteiger partial charge in [0.2, 0.25) is 0 Å². The summed E-state index contributed by atoms with van der Waals surface area (Å²) in [4.78, 5) is 2.25. The molecule has 0 heterocycles. The normalized spacial score (nSPS) is 16.4. The van der Waals surface area contributed by atoms with Crippen LogP contribution in [0.2, 0.25) is 0 Å². The SMILES string of the molecule is CC1(C)CC(C)(C)c2cc3c(cc21)-c1c(-c2ccc(N(c4ccc(C#N)c(C#N)c4)c4ccc5c(c4)C4(c6ccccc6-c6ccccc64)c4ccccc4-5)cc2)cccc1C3(C)C. The zero-order valence-corrected chi connectivity index (χ0v) is 37.1. The maximum atomic E-state index is 10.3. The molecule has 0 unspecified atom stereocenters. The van der Waals surface area contributed by atoms with Gasteiger partial charge in [0.1, 0.15) is 12.1 Å². The topological polar surface area (TPSA) is 50.8 Å². The molecule has 0 saturated carbocycles. The monoisotopic (exact) mass is 821 g/mol. The lowest BCUT2D eigenvalue weighted by atomic mass is 9.70. The Labute approximate surface area is 376 Å². The van der Waals surface area contributed by atoms with Gasteiger partial charge in [-0.25, -0.2) is 0 Å². The smallest absolute Gasteiger partial charge is 0.101 e. The first-order valence-electron chi connectivity index (χ1n) is 22.5. The molecular formula is C61H47N3. The molecule has 0 N–H and O–H groups in total. The first-order chi connectivity index (χ1) is 30.9. The number of nitriles is 2. The van der Waals surface area contributed by atoms with Crippen LogP contribution in [0.3, 0.4) is 0 Å². The first kappa shape index (κ1) is 38.2. The van der Waals surface area contributed by atoms with E-state index in [1.54, 1.807) is 6.07 Å². The average Bonchev–Trinajstić information content (AvgIpc) is 3.92. The van der Waals surface area contributed by atoms with Crippen molar-refractivity contribution < 1.29 is 0 Å². The van der Waals surface area contributed by atoms with Crippen LogP contribution in [0.1, 0.15) is 104 Å². The summed E-state index contributed by atoms with van der Waals surface area (Å²) in [6.45, 7) is 14.4. The maximum absolute atomic E-state index is 10.3. The van der Waals surface area contributed by atoms with Crippen LogP contribution in [0.15, 0.2) is 164 Å². The highest BCUT2D eigenvalue weighted by molar-refractivity contribution is 5.97. The number of anilines is 3. The predicted octanol–water partition coefficient (Wildman–Crippen LogP) is 15.2. The van der Waals surface area contributed by atoms with Gasteiger partial charge >= 0.3 is 0 Å². The standard InChI is InChI=1S/C61H47N3/c1-58(2)36-59(3,4)56-33-53-48(32-55(56)58)57-43(17-13-21-52(57)60(53,5)6)37-22-25-40(26-23-37)64(41-27-24-38(34-62)39(30-41)35-63)42-28-29-47-46-16-9-12-20-51(46)61(54(47)31-42)49-18-10-7-14-44(49)45-15-8-11-19-50(45)61/h7-33H,36H2,1-6H3. The van der Waals surface area contributed by atoms with Crippen LogP contribution in [0, 0.1) is 22.7 Å². The molecule has 8 aromatic rings. The average molecular weight is 822 g/mol. The van der Waals surface area contributed by atoms with Gasteiger partial charge in [0.05, 0.1) is 16.5 Å². The van der Waals surface area contributed by atoms with Crippen LogP contribution in [-0.4, -0.2) is 0 Å². The summed E-state index contributed by atoms with van der Waals surface area (Å²) in [5.74, 6) is 0. The number of hydrogen-bond donors (Lipinski definition) is 0. The number of rotatable bonds is 4. The second-order valence-corrected chi connectivity index (χ2v) is 20.2. The molecule has 0 radical (unpaired) electrons. The van der Waals surface area contributed by atoms with Crippen molar-refractivity contribution in [3.8, 4) is 56.6 Å². The summed E-state index contributed by atoms with van der Waals surface area (Å²) in [5.41, 5.74) is 24.0. The lowest BCUT2D eigenvalue weighted by Gasteiger charge is -2.32. The fourth-order valence-electron chi connectivity index (χ4n) is 12.8. The van der Waals surface area contributed by atoms with Gasteiger partial charge in [0.25, 0.3) is 0 Å². The van der Waals surface area contributed by atoms with Crippen LogP contribution >= 0.6 is 0 Å². The maximum Gasteiger partial charge on any atom is 0.101 e. The molecule has 0 amide bonds. The zero-order chi connectivity index (χ0) is 43.9. The lowest BCUT2D eigenvalue weighted by Crippen LogP contribution is -2.26. The van der Waals surface area contributed by atoms with Crippen LogP contribution in [0.5, 0.6) is 0 Å². The zero-order valence-electron chi connectivity index (χ0n) is 37.1. The van der Waals surface area contributed by atoms with E-state index in [1.165, 1.54) is 83.5 Å². The molecule has 12 rings (SSSR count). The third-order valence-corrected chi connectivity index (χ3v) is 15.4. The molecule has 0 saturated heterocycles. The molecule has 64 heavy (non-hydrogen) atoms. The van der Waals surface area contributed by atoms with Gasteiger partial charge in [0, 0.05) is 22.5 Å². The van der Waals surface area contributed by atoms with Gasteiger partial charge in [0.15, 0.2) is 0 Å². The highest BCUT2D eigenvalue weighted by atomic mass is 15.1. The van der Waals surface area contributed by atoms with Gasteiger partial charge in [-0.1, -0.05) is 157 Å². The second-order valence-electron chi connectivity index (χ2n) is 20.2.